The number of methoxy groups -OCH3 is 2. The van der Waals surface area contributed by atoms with Gasteiger partial charge in [0.15, 0.2) is 6.04 Å². The summed E-state index contributed by atoms with van der Waals surface area (Å²) in [5.41, 5.74) is 2.79. The first-order valence-electron chi connectivity index (χ1n) is 8.72. The first-order chi connectivity index (χ1) is 13.2. The Hall–Kier alpha value is -3.28. The predicted octanol–water partition coefficient (Wildman–Crippen LogP) is 2.78. The lowest BCUT2D eigenvalue weighted by Crippen LogP contribution is -2.46. The zero-order valence-electron chi connectivity index (χ0n) is 15.1. The summed E-state index contributed by atoms with van der Waals surface area (Å²) in [7, 11) is 2.68. The van der Waals surface area contributed by atoms with Crippen molar-refractivity contribution in [3.05, 3.63) is 71.9 Å². The van der Waals surface area contributed by atoms with Gasteiger partial charge in [-0.3, -0.25) is 14.8 Å². The van der Waals surface area contributed by atoms with Gasteiger partial charge >= 0.3 is 11.9 Å². The van der Waals surface area contributed by atoms with Crippen molar-refractivity contribution < 1.29 is 19.1 Å². The lowest BCUT2D eigenvalue weighted by molar-refractivity contribution is -0.153. The summed E-state index contributed by atoms with van der Waals surface area (Å²) in [6.07, 6.45) is 3.88. The molecule has 1 saturated heterocycles. The van der Waals surface area contributed by atoms with Crippen LogP contribution in [0.25, 0.3) is 6.08 Å². The topological polar surface area (TPSA) is 59.1 Å². The van der Waals surface area contributed by atoms with E-state index in [0.717, 1.165) is 16.8 Å². The molecule has 27 heavy (non-hydrogen) atoms. The lowest BCUT2D eigenvalue weighted by atomic mass is 9.85. The van der Waals surface area contributed by atoms with Gasteiger partial charge in [-0.15, -0.1) is 0 Å². The standard InChI is InChI=1S/C21H20N2O4/c1-26-20(24)17-18-16-11-7-6-8-14(16)12-13-22(18)23(19(17)21(25)27-2)15-9-4-3-5-10-15/h3-13,17-19H,1-2H3/t17-,18?,19-/m1/s1. The Bertz CT molecular complexity index is 880. The van der Waals surface area contributed by atoms with Crippen LogP contribution in [0.5, 0.6) is 0 Å². The van der Waals surface area contributed by atoms with Crippen LogP contribution in [-0.2, 0) is 19.1 Å². The molecule has 0 saturated carbocycles. The van der Waals surface area contributed by atoms with E-state index in [4.69, 9.17) is 9.47 Å². The molecule has 0 bridgehead atoms. The van der Waals surface area contributed by atoms with Crippen LogP contribution in [0.4, 0.5) is 5.69 Å². The fourth-order valence-corrected chi connectivity index (χ4v) is 3.99. The number of hydrazine groups is 1. The minimum Gasteiger partial charge on any atom is -0.469 e. The number of para-hydroxylation sites is 1. The SMILES string of the molecule is COC(=O)[C@@H]1C2c3ccccc3C=CN2N(c2ccccc2)[C@H]1C(=O)OC. The van der Waals surface area contributed by atoms with Gasteiger partial charge in [-0.2, -0.15) is 0 Å². The molecule has 0 amide bonds. The molecule has 2 aliphatic rings. The summed E-state index contributed by atoms with van der Waals surface area (Å²) >= 11 is 0. The Morgan fingerprint density at radius 3 is 2.26 bits per heavy atom. The zero-order chi connectivity index (χ0) is 19.0. The molecule has 1 unspecified atom stereocenters. The van der Waals surface area contributed by atoms with Crippen LogP contribution in [0, 0.1) is 5.92 Å². The molecule has 0 spiro atoms. The minimum absolute atomic E-state index is 0.358. The van der Waals surface area contributed by atoms with Crippen molar-refractivity contribution in [1.82, 2.24) is 5.01 Å². The van der Waals surface area contributed by atoms with Crippen LogP contribution in [-0.4, -0.2) is 37.2 Å². The third-order valence-corrected chi connectivity index (χ3v) is 5.14. The van der Waals surface area contributed by atoms with Crippen LogP contribution in [0.2, 0.25) is 0 Å². The Balaban J connectivity index is 1.92. The molecule has 138 valence electrons. The minimum atomic E-state index is -0.828. The maximum Gasteiger partial charge on any atom is 0.331 e. The number of ether oxygens (including phenoxy) is 2. The van der Waals surface area contributed by atoms with Crippen LogP contribution < -0.4 is 5.01 Å². The Kier molecular flexibility index (Phi) is 4.32. The van der Waals surface area contributed by atoms with E-state index in [1.807, 2.05) is 76.9 Å². The number of fused-ring (bicyclic) bond motifs is 3. The number of esters is 2. The summed E-state index contributed by atoms with van der Waals surface area (Å²) in [5, 5.41) is 3.76. The fourth-order valence-electron chi connectivity index (χ4n) is 3.99. The van der Waals surface area contributed by atoms with Gasteiger partial charge in [0.25, 0.3) is 0 Å². The van der Waals surface area contributed by atoms with Gasteiger partial charge < -0.3 is 9.47 Å². The maximum absolute atomic E-state index is 12.8. The fraction of sp³-hybridized carbons (Fsp3) is 0.238. The Morgan fingerprint density at radius 1 is 0.889 bits per heavy atom. The zero-order valence-corrected chi connectivity index (χ0v) is 15.1. The quantitative estimate of drug-likeness (QED) is 0.781. The van der Waals surface area contributed by atoms with E-state index in [0.29, 0.717) is 0 Å². The first kappa shape index (κ1) is 17.1. The number of hydrogen-bond donors (Lipinski definition) is 0. The predicted molar refractivity (Wildman–Crippen MR) is 100 cm³/mol. The van der Waals surface area contributed by atoms with Crippen LogP contribution in [0.3, 0.4) is 0 Å². The number of benzene rings is 2. The summed E-state index contributed by atoms with van der Waals surface area (Å²) < 4.78 is 10.1. The highest BCUT2D eigenvalue weighted by atomic mass is 16.5. The Labute approximate surface area is 157 Å². The van der Waals surface area contributed by atoms with Gasteiger partial charge in [-0.25, -0.2) is 4.79 Å². The maximum atomic E-state index is 12.8. The van der Waals surface area contributed by atoms with E-state index in [9.17, 15) is 9.59 Å². The molecule has 2 aliphatic heterocycles. The average molecular weight is 364 g/mol. The molecule has 2 heterocycles. The number of anilines is 1. The molecule has 0 radical (unpaired) electrons. The second kappa shape index (κ2) is 6.79. The van der Waals surface area contributed by atoms with Crippen LogP contribution in [0.15, 0.2) is 60.8 Å². The molecule has 3 atom stereocenters. The highest BCUT2D eigenvalue weighted by Gasteiger charge is 2.56. The third kappa shape index (κ3) is 2.65. The summed E-state index contributed by atoms with van der Waals surface area (Å²) in [4.78, 5) is 25.5. The number of carbonyl (C=O) groups excluding carboxylic acids is 2. The van der Waals surface area contributed by atoms with Crippen molar-refractivity contribution >= 4 is 23.7 Å². The van der Waals surface area contributed by atoms with Gasteiger partial charge in [-0.1, -0.05) is 42.5 Å². The second-order valence-corrected chi connectivity index (χ2v) is 6.47. The number of hydrogen-bond acceptors (Lipinski definition) is 6. The van der Waals surface area contributed by atoms with E-state index in [-0.39, 0.29) is 6.04 Å². The van der Waals surface area contributed by atoms with Gasteiger partial charge in [-0.05, 0) is 29.3 Å². The smallest absolute Gasteiger partial charge is 0.331 e. The van der Waals surface area contributed by atoms with Gasteiger partial charge in [0.05, 0.1) is 25.9 Å². The molecule has 2 aromatic rings. The molecule has 4 rings (SSSR count). The van der Waals surface area contributed by atoms with Crippen molar-refractivity contribution in [2.45, 2.75) is 12.1 Å². The molecule has 0 N–H and O–H groups in total. The van der Waals surface area contributed by atoms with Crippen molar-refractivity contribution in [3.8, 4) is 0 Å². The summed E-state index contributed by atoms with van der Waals surface area (Å²) in [5.74, 6) is -1.65. The van der Waals surface area contributed by atoms with E-state index >= 15 is 0 Å². The van der Waals surface area contributed by atoms with Crippen LogP contribution in [0.1, 0.15) is 17.2 Å². The summed E-state index contributed by atoms with van der Waals surface area (Å²) in [6.45, 7) is 0. The third-order valence-electron chi connectivity index (χ3n) is 5.14. The van der Waals surface area contributed by atoms with Crippen molar-refractivity contribution in [2.24, 2.45) is 5.92 Å². The molecule has 6 nitrogen and oxygen atoms in total. The van der Waals surface area contributed by atoms with Gasteiger partial charge in [0.1, 0.15) is 5.92 Å². The van der Waals surface area contributed by atoms with E-state index in [1.165, 1.54) is 14.2 Å². The average Bonchev–Trinajstić information content (AvgIpc) is 3.08. The Morgan fingerprint density at radius 2 is 1.56 bits per heavy atom. The molecule has 0 aliphatic carbocycles. The molecule has 0 aromatic heterocycles. The van der Waals surface area contributed by atoms with Gasteiger partial charge in [0, 0.05) is 6.20 Å². The molecular formula is C21H20N2O4. The van der Waals surface area contributed by atoms with Gasteiger partial charge in [0.2, 0.25) is 0 Å². The number of nitrogens with zero attached hydrogens (tertiary/aromatic N) is 2. The molecule has 6 heteroatoms. The van der Waals surface area contributed by atoms with E-state index < -0.39 is 23.9 Å². The lowest BCUT2D eigenvalue weighted by Gasteiger charge is -2.36. The molecular weight excluding hydrogens is 344 g/mol. The van der Waals surface area contributed by atoms with Crippen molar-refractivity contribution in [3.63, 3.8) is 0 Å². The summed E-state index contributed by atoms with van der Waals surface area (Å²) in [6, 6.07) is 16.2. The number of carbonyl (C=O) groups is 2. The second-order valence-electron chi connectivity index (χ2n) is 6.47. The van der Waals surface area contributed by atoms with Crippen LogP contribution >= 0.6 is 0 Å². The highest BCUT2D eigenvalue weighted by Crippen LogP contribution is 2.47. The van der Waals surface area contributed by atoms with E-state index in [1.54, 1.807) is 0 Å². The largest absolute Gasteiger partial charge is 0.469 e. The highest BCUT2D eigenvalue weighted by molar-refractivity contribution is 5.90. The number of rotatable bonds is 3. The first-order valence-corrected chi connectivity index (χ1v) is 8.72. The van der Waals surface area contributed by atoms with Crippen molar-refractivity contribution in [2.75, 3.05) is 19.2 Å². The van der Waals surface area contributed by atoms with Crippen molar-refractivity contribution in [1.29, 1.82) is 0 Å². The van der Waals surface area contributed by atoms with E-state index in [2.05, 4.69) is 0 Å². The molecule has 1 fully saturated rings. The normalized spacial score (nSPS) is 22.8. The molecule has 2 aromatic carbocycles. The monoisotopic (exact) mass is 364 g/mol.